The van der Waals surface area contributed by atoms with Crippen molar-refractivity contribution >= 4 is 0 Å². The summed E-state index contributed by atoms with van der Waals surface area (Å²) in [6.07, 6.45) is 3.81. The molecule has 0 amide bonds. The van der Waals surface area contributed by atoms with E-state index in [0.29, 0.717) is 0 Å². The van der Waals surface area contributed by atoms with E-state index in [4.69, 9.17) is 0 Å². The number of nitrogens with zero attached hydrogens (tertiary/aromatic N) is 2. The topological polar surface area (TPSA) is 31.9 Å². The number of aromatic nitrogens is 2. The normalized spacial score (nSPS) is 11.0. The van der Waals surface area contributed by atoms with Gasteiger partial charge < -0.3 is 4.98 Å². The van der Waals surface area contributed by atoms with Crippen molar-refractivity contribution in [2.75, 3.05) is 7.05 Å². The number of benzene rings is 1. The van der Waals surface area contributed by atoms with Crippen LogP contribution in [0.3, 0.4) is 0 Å². The molecule has 0 aliphatic rings. The molecule has 3 nitrogen and oxygen atoms in total. The van der Waals surface area contributed by atoms with E-state index in [2.05, 4.69) is 58.3 Å². The predicted octanol–water partition coefficient (Wildman–Crippen LogP) is 3.71. The largest absolute Gasteiger partial charge is 0.361 e. The van der Waals surface area contributed by atoms with Crippen molar-refractivity contribution in [2.24, 2.45) is 0 Å². The van der Waals surface area contributed by atoms with Crippen molar-refractivity contribution in [1.29, 1.82) is 0 Å². The van der Waals surface area contributed by atoms with E-state index in [0.717, 1.165) is 24.5 Å². The Morgan fingerprint density at radius 2 is 1.81 bits per heavy atom. The summed E-state index contributed by atoms with van der Waals surface area (Å²) >= 11 is 0. The van der Waals surface area contributed by atoms with Crippen molar-refractivity contribution < 1.29 is 0 Å². The van der Waals surface area contributed by atoms with Gasteiger partial charge in [0.15, 0.2) is 0 Å². The van der Waals surface area contributed by atoms with Crippen LogP contribution in [0.25, 0.3) is 11.3 Å². The number of nitrogens with one attached hydrogen (secondary N) is 1. The van der Waals surface area contributed by atoms with Gasteiger partial charge in [0, 0.05) is 36.7 Å². The molecule has 0 atom stereocenters. The standard InChI is InChI=1S/C18H19N3/c1-21(14-16-8-4-5-11-19-16)13-15-7-2-3-9-17(15)18-10-6-12-20-18/h2-12,20H,13-14H2,1H3. The van der Waals surface area contributed by atoms with Gasteiger partial charge in [-0.25, -0.2) is 0 Å². The minimum Gasteiger partial charge on any atom is -0.361 e. The monoisotopic (exact) mass is 277 g/mol. The van der Waals surface area contributed by atoms with Gasteiger partial charge in [-0.1, -0.05) is 30.3 Å². The molecule has 21 heavy (non-hydrogen) atoms. The fourth-order valence-corrected chi connectivity index (χ4v) is 2.53. The van der Waals surface area contributed by atoms with Crippen LogP contribution in [0, 0.1) is 0 Å². The molecule has 3 rings (SSSR count). The molecule has 0 aliphatic heterocycles. The molecule has 106 valence electrons. The molecule has 3 heteroatoms. The number of rotatable bonds is 5. The van der Waals surface area contributed by atoms with Gasteiger partial charge in [-0.2, -0.15) is 0 Å². The lowest BCUT2D eigenvalue weighted by atomic mass is 10.0. The molecule has 0 spiro atoms. The maximum absolute atomic E-state index is 4.38. The third-order valence-electron chi connectivity index (χ3n) is 3.50. The van der Waals surface area contributed by atoms with Crippen LogP contribution in [-0.4, -0.2) is 21.9 Å². The molecular weight excluding hydrogens is 258 g/mol. The fourth-order valence-electron chi connectivity index (χ4n) is 2.53. The van der Waals surface area contributed by atoms with E-state index in [9.17, 15) is 0 Å². The smallest absolute Gasteiger partial charge is 0.0543 e. The van der Waals surface area contributed by atoms with Crippen LogP contribution in [0.4, 0.5) is 0 Å². The van der Waals surface area contributed by atoms with Crippen molar-refractivity contribution in [3.8, 4) is 11.3 Å². The van der Waals surface area contributed by atoms with E-state index in [1.807, 2.05) is 30.6 Å². The number of hydrogen-bond donors (Lipinski definition) is 1. The molecule has 0 fully saturated rings. The Hall–Kier alpha value is -2.39. The third kappa shape index (κ3) is 3.38. The lowest BCUT2D eigenvalue weighted by Gasteiger charge is -2.18. The maximum Gasteiger partial charge on any atom is 0.0543 e. The molecule has 0 aliphatic carbocycles. The maximum atomic E-state index is 4.38. The second-order valence-corrected chi connectivity index (χ2v) is 5.23. The van der Waals surface area contributed by atoms with Crippen molar-refractivity contribution in [3.63, 3.8) is 0 Å². The van der Waals surface area contributed by atoms with Gasteiger partial charge in [0.25, 0.3) is 0 Å². The Kier molecular flexibility index (Phi) is 4.12. The molecule has 2 heterocycles. The number of hydrogen-bond acceptors (Lipinski definition) is 2. The lowest BCUT2D eigenvalue weighted by molar-refractivity contribution is 0.315. The summed E-state index contributed by atoms with van der Waals surface area (Å²) in [4.78, 5) is 9.95. The summed E-state index contributed by atoms with van der Waals surface area (Å²) in [6, 6.07) is 18.7. The molecule has 3 aromatic rings. The van der Waals surface area contributed by atoms with E-state index in [1.165, 1.54) is 11.1 Å². The van der Waals surface area contributed by atoms with Gasteiger partial charge in [0.05, 0.1) is 5.69 Å². The van der Waals surface area contributed by atoms with Gasteiger partial charge in [-0.15, -0.1) is 0 Å². The lowest BCUT2D eigenvalue weighted by Crippen LogP contribution is -2.18. The SMILES string of the molecule is CN(Cc1ccccn1)Cc1ccccc1-c1ccc[nH]1. The average Bonchev–Trinajstić information content (AvgIpc) is 3.03. The highest BCUT2D eigenvalue weighted by Gasteiger charge is 2.08. The van der Waals surface area contributed by atoms with Gasteiger partial charge in [0.1, 0.15) is 0 Å². The molecule has 1 N–H and O–H groups in total. The van der Waals surface area contributed by atoms with Gasteiger partial charge in [0.2, 0.25) is 0 Å². The first kappa shape index (κ1) is 13.6. The Morgan fingerprint density at radius 1 is 0.952 bits per heavy atom. The summed E-state index contributed by atoms with van der Waals surface area (Å²) < 4.78 is 0. The van der Waals surface area contributed by atoms with Gasteiger partial charge in [-0.05, 0) is 36.9 Å². The Bertz CT molecular complexity index is 675. The molecule has 0 saturated carbocycles. The molecule has 2 aromatic heterocycles. The number of aromatic amines is 1. The second-order valence-electron chi connectivity index (χ2n) is 5.23. The molecule has 0 bridgehead atoms. The van der Waals surface area contributed by atoms with E-state index in [-0.39, 0.29) is 0 Å². The first-order chi connectivity index (χ1) is 10.3. The quantitative estimate of drug-likeness (QED) is 0.771. The van der Waals surface area contributed by atoms with E-state index < -0.39 is 0 Å². The Labute approximate surface area is 125 Å². The predicted molar refractivity (Wildman–Crippen MR) is 85.6 cm³/mol. The molecule has 0 saturated heterocycles. The number of pyridine rings is 1. The van der Waals surface area contributed by atoms with Crippen LogP contribution in [-0.2, 0) is 13.1 Å². The van der Waals surface area contributed by atoms with Crippen LogP contribution in [0.5, 0.6) is 0 Å². The summed E-state index contributed by atoms with van der Waals surface area (Å²) in [5, 5.41) is 0. The molecule has 0 radical (unpaired) electrons. The zero-order valence-electron chi connectivity index (χ0n) is 12.2. The van der Waals surface area contributed by atoms with Crippen LogP contribution < -0.4 is 0 Å². The minimum atomic E-state index is 0.847. The second kappa shape index (κ2) is 6.37. The molecule has 0 unspecified atom stereocenters. The number of H-pyrrole nitrogens is 1. The third-order valence-corrected chi connectivity index (χ3v) is 3.50. The molecule has 1 aromatic carbocycles. The Balaban J connectivity index is 1.76. The van der Waals surface area contributed by atoms with Crippen LogP contribution >= 0.6 is 0 Å². The van der Waals surface area contributed by atoms with Gasteiger partial charge >= 0.3 is 0 Å². The van der Waals surface area contributed by atoms with Crippen LogP contribution in [0.15, 0.2) is 67.0 Å². The van der Waals surface area contributed by atoms with Crippen molar-refractivity contribution in [3.05, 3.63) is 78.2 Å². The minimum absolute atomic E-state index is 0.847. The summed E-state index contributed by atoms with van der Waals surface area (Å²) in [6.45, 7) is 1.74. The zero-order chi connectivity index (χ0) is 14.5. The summed E-state index contributed by atoms with van der Waals surface area (Å²) in [5.74, 6) is 0. The summed E-state index contributed by atoms with van der Waals surface area (Å²) in [5.41, 5.74) is 4.84. The highest BCUT2D eigenvalue weighted by atomic mass is 15.1. The highest BCUT2D eigenvalue weighted by Crippen LogP contribution is 2.23. The zero-order valence-corrected chi connectivity index (χ0v) is 12.2. The van der Waals surface area contributed by atoms with Gasteiger partial charge in [-0.3, -0.25) is 9.88 Å². The molecular formula is C18H19N3. The first-order valence-corrected chi connectivity index (χ1v) is 7.13. The summed E-state index contributed by atoms with van der Waals surface area (Å²) in [7, 11) is 2.13. The Morgan fingerprint density at radius 3 is 2.57 bits per heavy atom. The van der Waals surface area contributed by atoms with Crippen LogP contribution in [0.1, 0.15) is 11.3 Å². The average molecular weight is 277 g/mol. The first-order valence-electron chi connectivity index (χ1n) is 7.13. The van der Waals surface area contributed by atoms with Crippen LogP contribution in [0.2, 0.25) is 0 Å². The van der Waals surface area contributed by atoms with Crippen molar-refractivity contribution in [1.82, 2.24) is 14.9 Å². The van der Waals surface area contributed by atoms with Crippen molar-refractivity contribution in [2.45, 2.75) is 13.1 Å². The highest BCUT2D eigenvalue weighted by molar-refractivity contribution is 5.63. The van der Waals surface area contributed by atoms with E-state index >= 15 is 0 Å². The van der Waals surface area contributed by atoms with E-state index in [1.54, 1.807) is 0 Å². The fraction of sp³-hybridized carbons (Fsp3) is 0.167.